The third-order valence-electron chi connectivity index (χ3n) is 4.37. The molecule has 2 aromatic carbocycles. The van der Waals surface area contributed by atoms with Gasteiger partial charge in [0, 0.05) is 18.5 Å². The van der Waals surface area contributed by atoms with Crippen molar-refractivity contribution in [2.45, 2.75) is 16.8 Å². The summed E-state index contributed by atoms with van der Waals surface area (Å²) in [5.74, 6) is 0.825. The number of ether oxygens (including phenoxy) is 1. The molecular formula is C23H25N3O4S2. The zero-order valence-electron chi connectivity index (χ0n) is 17.7. The second-order valence-electron chi connectivity index (χ2n) is 6.62. The Morgan fingerprint density at radius 3 is 2.41 bits per heavy atom. The quantitative estimate of drug-likeness (QED) is 0.340. The van der Waals surface area contributed by atoms with E-state index in [1.807, 2.05) is 25.1 Å². The van der Waals surface area contributed by atoms with Crippen LogP contribution in [0, 0.1) is 0 Å². The maximum atomic E-state index is 13.3. The predicted molar refractivity (Wildman–Crippen MR) is 127 cm³/mol. The molecule has 0 saturated carbocycles. The average Bonchev–Trinajstić information content (AvgIpc) is 2.82. The number of aromatic nitrogens is 1. The Morgan fingerprint density at radius 1 is 1.03 bits per heavy atom. The molecule has 0 atom stereocenters. The third kappa shape index (κ3) is 6.48. The normalized spacial score (nSPS) is 11.0. The number of benzene rings is 2. The summed E-state index contributed by atoms with van der Waals surface area (Å²) in [5.41, 5.74) is 0.416. The summed E-state index contributed by atoms with van der Waals surface area (Å²) < 4.78 is 33.2. The zero-order valence-corrected chi connectivity index (χ0v) is 19.3. The fourth-order valence-electron chi connectivity index (χ4n) is 2.88. The molecule has 0 aliphatic heterocycles. The first-order valence-corrected chi connectivity index (χ1v) is 12.5. The summed E-state index contributed by atoms with van der Waals surface area (Å²) in [4.78, 5) is 16.9. The Hall–Kier alpha value is -3.04. The average molecular weight is 472 g/mol. The van der Waals surface area contributed by atoms with E-state index in [4.69, 9.17) is 4.74 Å². The molecule has 1 aromatic heterocycles. The topological polar surface area (TPSA) is 88.6 Å². The molecule has 9 heteroatoms. The largest absolute Gasteiger partial charge is 0.494 e. The number of nitrogens with zero attached hydrogens (tertiary/aromatic N) is 2. The number of sulfonamides is 1. The van der Waals surface area contributed by atoms with Gasteiger partial charge in [-0.25, -0.2) is 13.4 Å². The predicted octanol–water partition coefficient (Wildman–Crippen LogP) is 3.58. The van der Waals surface area contributed by atoms with E-state index in [-0.39, 0.29) is 17.3 Å². The third-order valence-corrected chi connectivity index (χ3v) is 7.10. The smallest absolute Gasteiger partial charge is 0.264 e. The van der Waals surface area contributed by atoms with E-state index >= 15 is 0 Å². The molecule has 1 N–H and O–H groups in total. The van der Waals surface area contributed by atoms with Crippen LogP contribution < -0.4 is 14.4 Å². The second kappa shape index (κ2) is 11.5. The van der Waals surface area contributed by atoms with Gasteiger partial charge >= 0.3 is 0 Å². The molecule has 0 spiro atoms. The van der Waals surface area contributed by atoms with Crippen molar-refractivity contribution in [3.8, 4) is 5.75 Å². The summed E-state index contributed by atoms with van der Waals surface area (Å²) >= 11 is 1.52. The number of para-hydroxylation sites is 1. The minimum absolute atomic E-state index is 0.0864. The second-order valence-corrected chi connectivity index (χ2v) is 9.60. The maximum Gasteiger partial charge on any atom is 0.264 e. The van der Waals surface area contributed by atoms with Crippen molar-refractivity contribution in [2.24, 2.45) is 0 Å². The number of carbonyl (C=O) groups excluding carboxylic acids is 1. The number of amides is 1. The van der Waals surface area contributed by atoms with Gasteiger partial charge in [0.2, 0.25) is 5.91 Å². The van der Waals surface area contributed by atoms with Crippen LogP contribution in [0.5, 0.6) is 5.75 Å². The van der Waals surface area contributed by atoms with Gasteiger partial charge < -0.3 is 10.1 Å². The van der Waals surface area contributed by atoms with Gasteiger partial charge in [-0.15, -0.1) is 11.8 Å². The molecule has 168 valence electrons. The van der Waals surface area contributed by atoms with Crippen LogP contribution in [0.3, 0.4) is 0 Å². The number of hydrogen-bond donors (Lipinski definition) is 1. The molecule has 32 heavy (non-hydrogen) atoms. The Morgan fingerprint density at radius 2 is 1.75 bits per heavy atom. The lowest BCUT2D eigenvalue weighted by Gasteiger charge is -2.24. The molecule has 0 aliphatic rings. The number of carbonyl (C=O) groups is 1. The first kappa shape index (κ1) is 23.6. The molecule has 1 amide bonds. The van der Waals surface area contributed by atoms with E-state index in [1.165, 1.54) is 23.9 Å². The van der Waals surface area contributed by atoms with Gasteiger partial charge in [0.15, 0.2) is 0 Å². The number of hydrogen-bond acceptors (Lipinski definition) is 6. The molecule has 3 rings (SSSR count). The van der Waals surface area contributed by atoms with Crippen LogP contribution in [0.2, 0.25) is 0 Å². The van der Waals surface area contributed by atoms with Gasteiger partial charge in [-0.05, 0) is 55.5 Å². The minimum Gasteiger partial charge on any atom is -0.494 e. The lowest BCUT2D eigenvalue weighted by Crippen LogP contribution is -2.41. The first-order chi connectivity index (χ1) is 15.5. The maximum absolute atomic E-state index is 13.3. The van der Waals surface area contributed by atoms with Crippen molar-refractivity contribution in [3.63, 3.8) is 0 Å². The van der Waals surface area contributed by atoms with Gasteiger partial charge in [-0.3, -0.25) is 9.10 Å². The van der Waals surface area contributed by atoms with E-state index < -0.39 is 10.0 Å². The summed E-state index contributed by atoms with van der Waals surface area (Å²) in [6.45, 7) is 2.41. The molecule has 0 radical (unpaired) electrons. The van der Waals surface area contributed by atoms with Gasteiger partial charge in [-0.1, -0.05) is 24.3 Å². The van der Waals surface area contributed by atoms with Crippen LogP contribution in [0.15, 0.2) is 88.9 Å². The highest BCUT2D eigenvalue weighted by Crippen LogP contribution is 2.25. The zero-order chi connectivity index (χ0) is 22.8. The van der Waals surface area contributed by atoms with E-state index in [9.17, 15) is 13.2 Å². The standard InChI is InChI=1S/C23H25N3O4S2/c1-2-30-20-11-13-21(14-12-20)32(28,29)26(19-8-4-3-5-9-19)18-22(27)24-16-17-31-23-10-6-7-15-25-23/h3-15H,2,16-18H2,1H3,(H,24,27). The fraction of sp³-hybridized carbons (Fsp3) is 0.217. The minimum atomic E-state index is -3.95. The van der Waals surface area contributed by atoms with Gasteiger partial charge in [-0.2, -0.15) is 0 Å². The number of pyridine rings is 1. The number of thioether (sulfide) groups is 1. The number of rotatable bonds is 11. The Labute approximate surface area is 192 Å². The molecular weight excluding hydrogens is 446 g/mol. The van der Waals surface area contributed by atoms with E-state index in [2.05, 4.69) is 10.3 Å². The van der Waals surface area contributed by atoms with Crippen molar-refractivity contribution in [3.05, 3.63) is 79.0 Å². The van der Waals surface area contributed by atoms with Crippen molar-refractivity contribution >= 4 is 33.4 Å². The SMILES string of the molecule is CCOc1ccc(S(=O)(=O)N(CC(=O)NCCSc2ccccn2)c2ccccc2)cc1. The van der Waals surface area contributed by atoms with E-state index in [0.717, 1.165) is 9.33 Å². The lowest BCUT2D eigenvalue weighted by atomic mass is 10.3. The van der Waals surface area contributed by atoms with Crippen molar-refractivity contribution < 1.29 is 17.9 Å². The van der Waals surface area contributed by atoms with E-state index in [0.29, 0.717) is 30.3 Å². The fourth-order valence-corrected chi connectivity index (χ4v) is 5.02. The molecule has 0 aliphatic carbocycles. The summed E-state index contributed by atoms with van der Waals surface area (Å²) in [7, 11) is -3.95. The highest BCUT2D eigenvalue weighted by Gasteiger charge is 2.27. The number of anilines is 1. The molecule has 0 saturated heterocycles. The van der Waals surface area contributed by atoms with Crippen LogP contribution in [0.1, 0.15) is 6.92 Å². The highest BCUT2D eigenvalue weighted by molar-refractivity contribution is 7.99. The Bertz CT molecular complexity index is 1090. The first-order valence-electron chi connectivity index (χ1n) is 10.1. The van der Waals surface area contributed by atoms with Gasteiger partial charge in [0.25, 0.3) is 10.0 Å². The summed E-state index contributed by atoms with van der Waals surface area (Å²) in [6.07, 6.45) is 1.71. The monoisotopic (exact) mass is 471 g/mol. The van der Waals surface area contributed by atoms with Crippen LogP contribution in [-0.4, -0.2) is 44.8 Å². The van der Waals surface area contributed by atoms with Crippen molar-refractivity contribution in [1.82, 2.24) is 10.3 Å². The van der Waals surface area contributed by atoms with Gasteiger partial charge in [0.1, 0.15) is 12.3 Å². The molecule has 1 heterocycles. The summed E-state index contributed by atoms with van der Waals surface area (Å²) in [5, 5.41) is 3.66. The number of nitrogens with one attached hydrogen (secondary N) is 1. The molecule has 7 nitrogen and oxygen atoms in total. The molecule has 0 bridgehead atoms. The molecule has 3 aromatic rings. The van der Waals surface area contributed by atoms with Gasteiger partial charge in [0.05, 0.1) is 22.2 Å². The van der Waals surface area contributed by atoms with Crippen molar-refractivity contribution in [1.29, 1.82) is 0 Å². The van der Waals surface area contributed by atoms with Crippen LogP contribution in [0.25, 0.3) is 0 Å². The Kier molecular flexibility index (Phi) is 8.52. The molecule has 0 fully saturated rings. The summed E-state index contributed by atoms with van der Waals surface area (Å²) in [6, 6.07) is 20.4. The lowest BCUT2D eigenvalue weighted by molar-refractivity contribution is -0.119. The molecule has 0 unspecified atom stereocenters. The van der Waals surface area contributed by atoms with Crippen LogP contribution >= 0.6 is 11.8 Å². The van der Waals surface area contributed by atoms with Crippen molar-refractivity contribution in [2.75, 3.05) is 29.8 Å². The Balaban J connectivity index is 1.69. The van der Waals surface area contributed by atoms with Crippen LogP contribution in [0.4, 0.5) is 5.69 Å². The highest BCUT2D eigenvalue weighted by atomic mass is 32.2. The van der Waals surface area contributed by atoms with E-state index in [1.54, 1.807) is 48.7 Å². The van der Waals surface area contributed by atoms with Crippen LogP contribution in [-0.2, 0) is 14.8 Å².